The molecule has 112 valence electrons. The average molecular weight is 278 g/mol. The van der Waals surface area contributed by atoms with Crippen LogP contribution in [0.5, 0.6) is 5.75 Å². The van der Waals surface area contributed by atoms with Crippen LogP contribution in [0.3, 0.4) is 0 Å². The summed E-state index contributed by atoms with van der Waals surface area (Å²) in [7, 11) is 0. The number of carbonyl (C=O) groups excluding carboxylic acids is 1. The Morgan fingerprint density at radius 1 is 1.20 bits per heavy atom. The first kappa shape index (κ1) is 16.5. The standard InChI is InChI=1S/C16H26N2O2/c1-11(2)9-10-20-15-7-5-14(6-8-15)13(4)18-16(19)12(3)17/h5-8,11-13H,9-10,17H2,1-4H3,(H,18,19)/t12-,13?/m0/s1. The third-order valence-corrected chi connectivity index (χ3v) is 3.12. The van der Waals surface area contributed by atoms with Gasteiger partial charge in [-0.05, 0) is 43.9 Å². The van der Waals surface area contributed by atoms with E-state index in [1.807, 2.05) is 31.2 Å². The predicted molar refractivity (Wildman–Crippen MR) is 81.6 cm³/mol. The molecule has 0 aliphatic heterocycles. The summed E-state index contributed by atoms with van der Waals surface area (Å²) in [6.45, 7) is 8.70. The van der Waals surface area contributed by atoms with Crippen LogP contribution in [0.1, 0.15) is 45.7 Å². The summed E-state index contributed by atoms with van der Waals surface area (Å²) < 4.78 is 5.66. The molecule has 3 N–H and O–H groups in total. The number of hydrogen-bond acceptors (Lipinski definition) is 3. The van der Waals surface area contributed by atoms with Gasteiger partial charge in [-0.3, -0.25) is 4.79 Å². The lowest BCUT2D eigenvalue weighted by Crippen LogP contribution is -2.39. The Hall–Kier alpha value is -1.55. The van der Waals surface area contributed by atoms with Gasteiger partial charge < -0.3 is 15.8 Å². The second kappa shape index (κ2) is 7.90. The molecule has 0 radical (unpaired) electrons. The highest BCUT2D eigenvalue weighted by Crippen LogP contribution is 2.18. The Morgan fingerprint density at radius 3 is 2.30 bits per heavy atom. The minimum absolute atomic E-state index is 0.0572. The molecule has 2 atom stereocenters. The number of hydrogen-bond donors (Lipinski definition) is 2. The summed E-state index contributed by atoms with van der Waals surface area (Å²) in [6.07, 6.45) is 1.04. The van der Waals surface area contributed by atoms with E-state index in [0.29, 0.717) is 5.92 Å². The molecule has 20 heavy (non-hydrogen) atoms. The van der Waals surface area contributed by atoms with Gasteiger partial charge in [0.15, 0.2) is 0 Å². The second-order valence-corrected chi connectivity index (χ2v) is 5.62. The fraction of sp³-hybridized carbons (Fsp3) is 0.562. The number of amides is 1. The van der Waals surface area contributed by atoms with Crippen molar-refractivity contribution < 1.29 is 9.53 Å². The molecule has 1 aromatic rings. The molecule has 4 nitrogen and oxygen atoms in total. The van der Waals surface area contributed by atoms with E-state index in [0.717, 1.165) is 24.3 Å². The van der Waals surface area contributed by atoms with Gasteiger partial charge >= 0.3 is 0 Å². The molecule has 1 unspecified atom stereocenters. The highest BCUT2D eigenvalue weighted by molar-refractivity contribution is 5.81. The van der Waals surface area contributed by atoms with Crippen molar-refractivity contribution in [1.29, 1.82) is 0 Å². The van der Waals surface area contributed by atoms with Crippen molar-refractivity contribution >= 4 is 5.91 Å². The van der Waals surface area contributed by atoms with Crippen LogP contribution >= 0.6 is 0 Å². The first-order valence-electron chi connectivity index (χ1n) is 7.19. The Bertz CT molecular complexity index is 413. The number of rotatable bonds is 7. The third kappa shape index (κ3) is 5.61. The summed E-state index contributed by atoms with van der Waals surface area (Å²) in [5, 5.41) is 2.87. The van der Waals surface area contributed by atoms with E-state index in [9.17, 15) is 4.79 Å². The highest BCUT2D eigenvalue weighted by atomic mass is 16.5. The summed E-state index contributed by atoms with van der Waals surface area (Å²) in [6, 6.07) is 7.26. The van der Waals surface area contributed by atoms with Gasteiger partial charge in [0.25, 0.3) is 0 Å². The zero-order valence-corrected chi connectivity index (χ0v) is 12.8. The van der Waals surface area contributed by atoms with Crippen LogP contribution in [0.2, 0.25) is 0 Å². The van der Waals surface area contributed by atoms with Crippen LogP contribution in [0.25, 0.3) is 0 Å². The van der Waals surface area contributed by atoms with E-state index in [1.54, 1.807) is 6.92 Å². The normalized spacial score (nSPS) is 13.9. The van der Waals surface area contributed by atoms with Gasteiger partial charge in [0, 0.05) is 0 Å². The molecule has 1 rings (SSSR count). The first-order valence-corrected chi connectivity index (χ1v) is 7.19. The van der Waals surface area contributed by atoms with E-state index < -0.39 is 6.04 Å². The molecule has 0 fully saturated rings. The predicted octanol–water partition coefficient (Wildman–Crippen LogP) is 2.64. The smallest absolute Gasteiger partial charge is 0.237 e. The summed E-state index contributed by atoms with van der Waals surface area (Å²) in [4.78, 5) is 11.5. The maximum atomic E-state index is 11.5. The van der Waals surface area contributed by atoms with Gasteiger partial charge in [-0.2, -0.15) is 0 Å². The molecule has 1 aromatic carbocycles. The van der Waals surface area contributed by atoms with Crippen LogP contribution in [0, 0.1) is 5.92 Å². The number of ether oxygens (including phenoxy) is 1. The molecule has 0 saturated heterocycles. The SMILES string of the molecule is CC(C)CCOc1ccc(C(C)NC(=O)[C@H](C)N)cc1. The molecule has 0 aliphatic carbocycles. The molecular formula is C16H26N2O2. The van der Waals surface area contributed by atoms with Crippen molar-refractivity contribution in [3.63, 3.8) is 0 Å². The lowest BCUT2D eigenvalue weighted by Gasteiger charge is -2.16. The highest BCUT2D eigenvalue weighted by Gasteiger charge is 2.12. The first-order chi connectivity index (χ1) is 9.40. The average Bonchev–Trinajstić information content (AvgIpc) is 2.38. The van der Waals surface area contributed by atoms with Crippen LogP contribution in [0.4, 0.5) is 0 Å². The Labute approximate surface area is 121 Å². The molecule has 0 saturated carbocycles. The van der Waals surface area contributed by atoms with Crippen molar-refractivity contribution in [1.82, 2.24) is 5.32 Å². The molecule has 0 aliphatic rings. The summed E-state index contributed by atoms with van der Waals surface area (Å²) >= 11 is 0. The lowest BCUT2D eigenvalue weighted by molar-refractivity contribution is -0.122. The van der Waals surface area contributed by atoms with Crippen LogP contribution in [-0.4, -0.2) is 18.6 Å². The van der Waals surface area contributed by atoms with Gasteiger partial charge in [-0.1, -0.05) is 26.0 Å². The maximum Gasteiger partial charge on any atom is 0.237 e. The van der Waals surface area contributed by atoms with Gasteiger partial charge in [0.1, 0.15) is 5.75 Å². The van der Waals surface area contributed by atoms with Gasteiger partial charge in [0.2, 0.25) is 5.91 Å². The van der Waals surface area contributed by atoms with Crippen LogP contribution in [-0.2, 0) is 4.79 Å². The van der Waals surface area contributed by atoms with Gasteiger partial charge in [0.05, 0.1) is 18.7 Å². The summed E-state index contributed by atoms with van der Waals surface area (Å²) in [5.41, 5.74) is 6.57. The van der Waals surface area contributed by atoms with Crippen molar-refractivity contribution in [2.24, 2.45) is 11.7 Å². The lowest BCUT2D eigenvalue weighted by atomic mass is 10.1. The van der Waals surface area contributed by atoms with Crippen molar-refractivity contribution in [2.45, 2.75) is 46.2 Å². The number of nitrogens with one attached hydrogen (secondary N) is 1. The van der Waals surface area contributed by atoms with Crippen molar-refractivity contribution in [2.75, 3.05) is 6.61 Å². The van der Waals surface area contributed by atoms with Crippen LogP contribution in [0.15, 0.2) is 24.3 Å². The zero-order valence-electron chi connectivity index (χ0n) is 12.8. The van der Waals surface area contributed by atoms with Crippen molar-refractivity contribution in [3.8, 4) is 5.75 Å². The van der Waals surface area contributed by atoms with Gasteiger partial charge in [-0.15, -0.1) is 0 Å². The van der Waals surface area contributed by atoms with E-state index >= 15 is 0 Å². The monoisotopic (exact) mass is 278 g/mol. The fourth-order valence-corrected chi connectivity index (χ4v) is 1.69. The van der Waals surface area contributed by atoms with E-state index in [4.69, 9.17) is 10.5 Å². The van der Waals surface area contributed by atoms with E-state index in [-0.39, 0.29) is 11.9 Å². The minimum atomic E-state index is -0.490. The summed E-state index contributed by atoms with van der Waals surface area (Å²) in [5.74, 6) is 1.36. The second-order valence-electron chi connectivity index (χ2n) is 5.62. The van der Waals surface area contributed by atoms with Crippen LogP contribution < -0.4 is 15.8 Å². The minimum Gasteiger partial charge on any atom is -0.494 e. The largest absolute Gasteiger partial charge is 0.494 e. The topological polar surface area (TPSA) is 64.3 Å². The molecule has 0 heterocycles. The molecule has 0 bridgehead atoms. The number of nitrogens with two attached hydrogens (primary N) is 1. The fourth-order valence-electron chi connectivity index (χ4n) is 1.69. The quantitative estimate of drug-likeness (QED) is 0.806. The Morgan fingerprint density at radius 2 is 1.80 bits per heavy atom. The molecular weight excluding hydrogens is 252 g/mol. The number of carbonyl (C=O) groups is 1. The zero-order chi connectivity index (χ0) is 15.1. The molecule has 4 heteroatoms. The Balaban J connectivity index is 2.51. The van der Waals surface area contributed by atoms with Gasteiger partial charge in [-0.25, -0.2) is 0 Å². The molecule has 1 amide bonds. The van der Waals surface area contributed by atoms with Crippen molar-refractivity contribution in [3.05, 3.63) is 29.8 Å². The molecule has 0 spiro atoms. The number of benzene rings is 1. The third-order valence-electron chi connectivity index (χ3n) is 3.12. The maximum absolute atomic E-state index is 11.5. The van der Waals surface area contributed by atoms with E-state index in [1.165, 1.54) is 0 Å². The Kier molecular flexibility index (Phi) is 6.52. The molecule has 0 aromatic heterocycles. The van der Waals surface area contributed by atoms with E-state index in [2.05, 4.69) is 19.2 Å².